The summed E-state index contributed by atoms with van der Waals surface area (Å²) >= 11 is 0. The molecule has 140 valence electrons. The molecule has 0 amide bonds. The Labute approximate surface area is 151 Å². The molecule has 1 aliphatic heterocycles. The van der Waals surface area contributed by atoms with Gasteiger partial charge in [-0.3, -0.25) is 0 Å². The van der Waals surface area contributed by atoms with E-state index >= 15 is 0 Å². The second kappa shape index (κ2) is 8.68. The molecule has 1 aromatic rings. The zero-order valence-electron chi connectivity index (χ0n) is 16.4. The first-order chi connectivity index (χ1) is 11.7. The summed E-state index contributed by atoms with van der Waals surface area (Å²) in [4.78, 5) is 15.1. The average molecular weight is 351 g/mol. The highest BCUT2D eigenvalue weighted by atomic mass is 16.6. The number of nitrogens with one attached hydrogen (secondary N) is 2. The highest BCUT2D eigenvalue weighted by Gasteiger charge is 2.23. The van der Waals surface area contributed by atoms with E-state index in [2.05, 4.69) is 27.8 Å². The van der Waals surface area contributed by atoms with Gasteiger partial charge < -0.3 is 19.3 Å². The third kappa shape index (κ3) is 6.67. The third-order valence-electron chi connectivity index (χ3n) is 4.80. The van der Waals surface area contributed by atoms with Crippen molar-refractivity contribution in [3.63, 3.8) is 0 Å². The largest absolute Gasteiger partial charge is 0.482 e. The van der Waals surface area contributed by atoms with Crippen molar-refractivity contribution >= 4 is 5.97 Å². The van der Waals surface area contributed by atoms with Crippen molar-refractivity contribution in [2.75, 3.05) is 46.4 Å². The number of hydrogen-bond acceptors (Lipinski definition) is 3. The van der Waals surface area contributed by atoms with Gasteiger partial charge in [-0.15, -0.1) is 0 Å². The van der Waals surface area contributed by atoms with Gasteiger partial charge in [-0.2, -0.15) is 0 Å². The maximum atomic E-state index is 12.0. The Kier molecular flexibility index (Phi) is 6.85. The molecule has 1 atom stereocenters. The highest BCUT2D eigenvalue weighted by molar-refractivity contribution is 5.71. The molecule has 2 rings (SSSR count). The van der Waals surface area contributed by atoms with E-state index in [1.165, 1.54) is 23.6 Å². The van der Waals surface area contributed by atoms with Crippen molar-refractivity contribution in [2.45, 2.75) is 39.2 Å². The van der Waals surface area contributed by atoms with Crippen LogP contribution in [0.1, 0.15) is 33.3 Å². The molecule has 1 aromatic carbocycles. The van der Waals surface area contributed by atoms with Gasteiger partial charge in [-0.05, 0) is 30.0 Å². The Bertz CT molecular complexity index is 543. The fraction of sp³-hybridized carbons (Fsp3) is 0.650. The number of quaternary nitrogens is 2. The molecule has 0 unspecified atom stereocenters. The lowest BCUT2D eigenvalue weighted by Gasteiger charge is -2.28. The molecular weight excluding hydrogens is 316 g/mol. The number of likely N-dealkylation sites (N-methyl/N-ethyl adjacent to an activating group) is 1. The van der Waals surface area contributed by atoms with Crippen molar-refractivity contribution in [3.05, 3.63) is 29.8 Å². The monoisotopic (exact) mass is 350 g/mol. The van der Waals surface area contributed by atoms with Crippen LogP contribution in [-0.2, 0) is 14.9 Å². The Hall–Kier alpha value is -1.59. The molecule has 0 spiro atoms. The normalized spacial score (nSPS) is 22.3. The van der Waals surface area contributed by atoms with Crippen LogP contribution >= 0.6 is 0 Å². The number of esters is 1. The van der Waals surface area contributed by atoms with Crippen LogP contribution in [0.2, 0.25) is 0 Å². The average Bonchev–Trinajstić information content (AvgIpc) is 2.54. The van der Waals surface area contributed by atoms with E-state index in [0.29, 0.717) is 5.75 Å². The summed E-state index contributed by atoms with van der Waals surface area (Å²) < 4.78 is 11.0. The van der Waals surface area contributed by atoms with Gasteiger partial charge in [0.05, 0.1) is 7.05 Å². The quantitative estimate of drug-likeness (QED) is 0.693. The van der Waals surface area contributed by atoms with E-state index in [4.69, 9.17) is 9.47 Å². The van der Waals surface area contributed by atoms with Crippen LogP contribution < -0.4 is 14.5 Å². The first kappa shape index (κ1) is 19.7. The number of carbonyl (C=O) groups is 1. The molecule has 5 heteroatoms. The molecule has 1 saturated heterocycles. The molecule has 5 nitrogen and oxygen atoms in total. The lowest BCUT2D eigenvalue weighted by atomic mass is 9.87. The minimum absolute atomic E-state index is 0.0403. The van der Waals surface area contributed by atoms with Crippen LogP contribution in [0.3, 0.4) is 0 Å². The van der Waals surface area contributed by atoms with Crippen molar-refractivity contribution in [3.8, 4) is 5.75 Å². The van der Waals surface area contributed by atoms with Gasteiger partial charge in [0.1, 0.15) is 44.6 Å². The maximum Gasteiger partial charge on any atom is 0.344 e. The zero-order chi connectivity index (χ0) is 18.4. The van der Waals surface area contributed by atoms with E-state index < -0.39 is 0 Å². The zero-order valence-corrected chi connectivity index (χ0v) is 16.4. The van der Waals surface area contributed by atoms with Crippen LogP contribution in [-0.4, -0.2) is 58.5 Å². The van der Waals surface area contributed by atoms with E-state index in [1.54, 1.807) is 4.90 Å². The SMILES string of the molecule is C[C@H](C[NH+]1CC[NH+](C)CC1)OC(=O)COc1ccc(C(C)(C)C)cc1. The molecule has 1 heterocycles. The van der Waals surface area contributed by atoms with Crippen molar-refractivity contribution in [1.82, 2.24) is 0 Å². The Morgan fingerprint density at radius 2 is 1.72 bits per heavy atom. The number of benzene rings is 1. The molecule has 0 saturated carbocycles. The van der Waals surface area contributed by atoms with Gasteiger partial charge in [-0.1, -0.05) is 32.9 Å². The number of hydrogen-bond donors (Lipinski definition) is 2. The molecule has 25 heavy (non-hydrogen) atoms. The highest BCUT2D eigenvalue weighted by Crippen LogP contribution is 2.24. The summed E-state index contributed by atoms with van der Waals surface area (Å²) in [6, 6.07) is 7.91. The number of ether oxygens (including phenoxy) is 2. The van der Waals surface area contributed by atoms with Crippen LogP contribution in [0.25, 0.3) is 0 Å². The van der Waals surface area contributed by atoms with Crippen LogP contribution in [0.4, 0.5) is 0 Å². The Morgan fingerprint density at radius 3 is 2.28 bits per heavy atom. The van der Waals surface area contributed by atoms with E-state index in [-0.39, 0.29) is 24.1 Å². The predicted octanol–water partition coefficient (Wildman–Crippen LogP) is -0.292. The molecule has 0 radical (unpaired) electrons. The minimum Gasteiger partial charge on any atom is -0.482 e. The predicted molar refractivity (Wildman–Crippen MR) is 98.4 cm³/mol. The first-order valence-electron chi connectivity index (χ1n) is 9.32. The van der Waals surface area contributed by atoms with Gasteiger partial charge >= 0.3 is 5.97 Å². The summed E-state index contributed by atoms with van der Waals surface area (Å²) in [5.74, 6) is 0.400. The Balaban J connectivity index is 1.71. The first-order valence-corrected chi connectivity index (χ1v) is 9.32. The number of piperazine rings is 1. The van der Waals surface area contributed by atoms with Crippen LogP contribution in [0.5, 0.6) is 5.75 Å². The number of carbonyl (C=O) groups excluding carboxylic acids is 1. The molecule has 0 bridgehead atoms. The second-order valence-electron chi connectivity index (χ2n) is 8.27. The van der Waals surface area contributed by atoms with E-state index in [1.807, 2.05) is 31.2 Å². The standard InChI is InChI=1S/C20H32N2O3/c1-16(14-22-12-10-21(5)11-13-22)25-19(23)15-24-18-8-6-17(7-9-18)20(2,3)4/h6-9,16H,10-15H2,1-5H3/p+2/t16-/m1/s1. The van der Waals surface area contributed by atoms with Gasteiger partial charge in [0.15, 0.2) is 6.61 Å². The molecule has 2 N–H and O–H groups in total. The molecular formula is C20H34N2O3+2. The van der Waals surface area contributed by atoms with Gasteiger partial charge in [0.2, 0.25) is 0 Å². The Morgan fingerprint density at radius 1 is 1.12 bits per heavy atom. The summed E-state index contributed by atoms with van der Waals surface area (Å²) in [5.41, 5.74) is 1.35. The summed E-state index contributed by atoms with van der Waals surface area (Å²) in [7, 11) is 2.23. The molecule has 0 aliphatic carbocycles. The van der Waals surface area contributed by atoms with Crippen molar-refractivity contribution in [2.24, 2.45) is 0 Å². The molecule has 1 aliphatic rings. The van der Waals surface area contributed by atoms with Gasteiger partial charge in [0, 0.05) is 0 Å². The lowest BCUT2D eigenvalue weighted by Crippen LogP contribution is -3.27. The van der Waals surface area contributed by atoms with Gasteiger partial charge in [0.25, 0.3) is 0 Å². The third-order valence-corrected chi connectivity index (χ3v) is 4.80. The second-order valence-corrected chi connectivity index (χ2v) is 8.27. The van der Waals surface area contributed by atoms with Crippen LogP contribution in [0.15, 0.2) is 24.3 Å². The summed E-state index contributed by atoms with van der Waals surface area (Å²) in [5, 5.41) is 0. The van der Waals surface area contributed by atoms with E-state index in [0.717, 1.165) is 19.6 Å². The smallest absolute Gasteiger partial charge is 0.344 e. The fourth-order valence-corrected chi connectivity index (χ4v) is 3.13. The van der Waals surface area contributed by atoms with Crippen molar-refractivity contribution in [1.29, 1.82) is 0 Å². The van der Waals surface area contributed by atoms with Crippen molar-refractivity contribution < 1.29 is 24.1 Å². The minimum atomic E-state index is -0.299. The molecule has 0 aromatic heterocycles. The van der Waals surface area contributed by atoms with E-state index in [9.17, 15) is 4.79 Å². The topological polar surface area (TPSA) is 44.4 Å². The fourth-order valence-electron chi connectivity index (χ4n) is 3.13. The maximum absolute atomic E-state index is 12.0. The summed E-state index contributed by atoms with van der Waals surface area (Å²) in [6.07, 6.45) is -0.0761. The lowest BCUT2D eigenvalue weighted by molar-refractivity contribution is -1.00. The summed E-state index contributed by atoms with van der Waals surface area (Å²) in [6.45, 7) is 14.0. The van der Waals surface area contributed by atoms with Crippen LogP contribution in [0, 0.1) is 0 Å². The molecule has 1 fully saturated rings. The number of rotatable bonds is 6. The van der Waals surface area contributed by atoms with Gasteiger partial charge in [-0.25, -0.2) is 4.79 Å².